The van der Waals surface area contributed by atoms with E-state index >= 15 is 0 Å². The fourth-order valence-corrected chi connectivity index (χ4v) is 3.72. The summed E-state index contributed by atoms with van der Waals surface area (Å²) in [6.45, 7) is 2.32. The number of aryl methyl sites for hydroxylation is 1. The van der Waals surface area contributed by atoms with Gasteiger partial charge in [-0.15, -0.1) is 13.2 Å². The molecule has 1 saturated heterocycles. The number of halogens is 3. The fourth-order valence-electron chi connectivity index (χ4n) is 3.72. The summed E-state index contributed by atoms with van der Waals surface area (Å²) >= 11 is 0. The van der Waals surface area contributed by atoms with Gasteiger partial charge in [0.25, 0.3) is 5.91 Å². The normalized spacial score (nSPS) is 15.8. The molecule has 0 saturated carbocycles. The van der Waals surface area contributed by atoms with Crippen molar-refractivity contribution in [1.82, 2.24) is 30.0 Å². The number of para-hydroxylation sites is 1. The second kappa shape index (κ2) is 8.28. The molecular formula is C22H17F3N6O3. The Morgan fingerprint density at radius 3 is 2.62 bits per heavy atom. The van der Waals surface area contributed by atoms with Gasteiger partial charge in [0.15, 0.2) is 0 Å². The lowest BCUT2D eigenvalue weighted by Gasteiger charge is -2.38. The highest BCUT2D eigenvalue weighted by Crippen LogP contribution is 2.37. The van der Waals surface area contributed by atoms with Crippen LogP contribution in [-0.2, 0) is 0 Å². The van der Waals surface area contributed by atoms with E-state index in [1.54, 1.807) is 17.0 Å². The predicted octanol–water partition coefficient (Wildman–Crippen LogP) is 4.11. The lowest BCUT2D eigenvalue weighted by Crippen LogP contribution is -2.45. The van der Waals surface area contributed by atoms with Crippen molar-refractivity contribution in [2.75, 3.05) is 6.54 Å². The van der Waals surface area contributed by atoms with Gasteiger partial charge in [-0.25, -0.2) is 0 Å². The minimum absolute atomic E-state index is 0.0257. The zero-order valence-electron chi connectivity index (χ0n) is 17.7. The Bertz CT molecular complexity index is 1340. The van der Waals surface area contributed by atoms with E-state index in [1.807, 2.05) is 13.0 Å². The zero-order valence-corrected chi connectivity index (χ0v) is 17.7. The molecule has 12 heteroatoms. The topological polar surface area (TPSA) is 99.2 Å². The first-order valence-electron chi connectivity index (χ1n) is 10.3. The van der Waals surface area contributed by atoms with Crippen molar-refractivity contribution in [3.8, 4) is 22.8 Å². The monoisotopic (exact) mass is 470 g/mol. The summed E-state index contributed by atoms with van der Waals surface area (Å²) in [6.07, 6.45) is -1.27. The Kier molecular flexibility index (Phi) is 5.27. The SMILES string of the molecule is Cc1ccc(-n2nccn2)c(C(=O)N2CC[C@H]2c2nc(-c3ccccc3OC(F)(F)F)no2)c1. The largest absolute Gasteiger partial charge is 0.573 e. The first-order valence-corrected chi connectivity index (χ1v) is 10.3. The van der Waals surface area contributed by atoms with Crippen LogP contribution in [0.25, 0.3) is 17.1 Å². The molecule has 2 aromatic carbocycles. The van der Waals surface area contributed by atoms with Crippen molar-refractivity contribution in [2.45, 2.75) is 25.7 Å². The van der Waals surface area contributed by atoms with Gasteiger partial charge >= 0.3 is 6.36 Å². The molecule has 0 spiro atoms. The Labute approximate surface area is 190 Å². The van der Waals surface area contributed by atoms with E-state index in [4.69, 9.17) is 4.52 Å². The summed E-state index contributed by atoms with van der Waals surface area (Å²) in [5.41, 5.74) is 1.84. The van der Waals surface area contributed by atoms with Crippen molar-refractivity contribution < 1.29 is 27.2 Å². The highest BCUT2D eigenvalue weighted by Gasteiger charge is 2.39. The standard InChI is InChI=1S/C22H17F3N6O3/c1-13-6-7-16(31-26-9-10-27-31)15(12-13)21(32)30-11-8-17(30)20-28-19(29-34-20)14-4-2-3-5-18(14)33-22(23,24)25/h2-7,9-10,12,17H,8,11H2,1H3/t17-/m0/s1. The van der Waals surface area contributed by atoms with Crippen LogP contribution >= 0.6 is 0 Å². The number of likely N-dealkylation sites (tertiary alicyclic amines) is 1. The van der Waals surface area contributed by atoms with Crippen molar-refractivity contribution >= 4 is 5.91 Å². The third-order valence-corrected chi connectivity index (χ3v) is 5.38. The molecule has 1 amide bonds. The van der Waals surface area contributed by atoms with E-state index in [2.05, 4.69) is 25.1 Å². The molecule has 5 rings (SSSR count). The highest BCUT2D eigenvalue weighted by atomic mass is 19.4. The van der Waals surface area contributed by atoms with Gasteiger partial charge in [-0.05, 0) is 37.6 Å². The number of ether oxygens (including phenoxy) is 1. The maximum Gasteiger partial charge on any atom is 0.573 e. The van der Waals surface area contributed by atoms with Gasteiger partial charge in [-0.2, -0.15) is 20.0 Å². The van der Waals surface area contributed by atoms with Gasteiger partial charge in [0.1, 0.15) is 11.8 Å². The van der Waals surface area contributed by atoms with Gasteiger partial charge in [-0.3, -0.25) is 4.79 Å². The molecule has 34 heavy (non-hydrogen) atoms. The summed E-state index contributed by atoms with van der Waals surface area (Å²) < 4.78 is 47.7. The quantitative estimate of drug-likeness (QED) is 0.433. The summed E-state index contributed by atoms with van der Waals surface area (Å²) in [7, 11) is 0. The van der Waals surface area contributed by atoms with Crippen molar-refractivity contribution in [3.05, 3.63) is 71.9 Å². The minimum atomic E-state index is -4.87. The summed E-state index contributed by atoms with van der Waals surface area (Å²) in [6, 6.07) is 10.4. The maximum absolute atomic E-state index is 13.4. The first-order chi connectivity index (χ1) is 16.3. The average Bonchev–Trinajstić information content (AvgIpc) is 3.45. The van der Waals surface area contributed by atoms with Gasteiger partial charge in [0, 0.05) is 6.54 Å². The Balaban J connectivity index is 1.42. The smallest absolute Gasteiger partial charge is 0.405 e. The van der Waals surface area contributed by atoms with Crippen LogP contribution in [0.3, 0.4) is 0 Å². The van der Waals surface area contributed by atoms with E-state index < -0.39 is 18.2 Å². The van der Waals surface area contributed by atoms with Crippen LogP contribution in [0.5, 0.6) is 5.75 Å². The summed E-state index contributed by atoms with van der Waals surface area (Å²) in [4.78, 5) is 20.6. The van der Waals surface area contributed by atoms with Crippen LogP contribution in [0.15, 0.2) is 59.4 Å². The van der Waals surface area contributed by atoms with Crippen LogP contribution < -0.4 is 4.74 Å². The number of alkyl halides is 3. The van der Waals surface area contributed by atoms with E-state index in [1.165, 1.54) is 41.5 Å². The number of nitrogens with zero attached hydrogens (tertiary/aromatic N) is 6. The van der Waals surface area contributed by atoms with Crippen molar-refractivity contribution in [3.63, 3.8) is 0 Å². The molecule has 0 aliphatic carbocycles. The Hall–Kier alpha value is -4.22. The number of hydrogen-bond donors (Lipinski definition) is 0. The fraction of sp³-hybridized carbons (Fsp3) is 0.227. The van der Waals surface area contributed by atoms with Crippen LogP contribution in [0.4, 0.5) is 13.2 Å². The number of carbonyl (C=O) groups is 1. The molecule has 2 aromatic heterocycles. The number of benzene rings is 2. The summed E-state index contributed by atoms with van der Waals surface area (Å²) in [5.74, 6) is -0.651. The molecule has 0 radical (unpaired) electrons. The molecule has 0 unspecified atom stereocenters. The number of carbonyl (C=O) groups excluding carboxylic acids is 1. The molecule has 3 heterocycles. The van der Waals surface area contributed by atoms with E-state index in [9.17, 15) is 18.0 Å². The first kappa shape index (κ1) is 21.6. The molecule has 0 N–H and O–H groups in total. The number of amides is 1. The number of hydrogen-bond acceptors (Lipinski definition) is 7. The third-order valence-electron chi connectivity index (χ3n) is 5.38. The molecule has 0 bridgehead atoms. The molecular weight excluding hydrogens is 453 g/mol. The average molecular weight is 470 g/mol. The molecule has 1 fully saturated rings. The Morgan fingerprint density at radius 1 is 1.15 bits per heavy atom. The molecule has 1 atom stereocenters. The maximum atomic E-state index is 13.4. The predicted molar refractivity (Wildman–Crippen MR) is 111 cm³/mol. The van der Waals surface area contributed by atoms with Gasteiger partial charge in [0.2, 0.25) is 11.7 Å². The van der Waals surface area contributed by atoms with E-state index in [-0.39, 0.29) is 23.2 Å². The van der Waals surface area contributed by atoms with Gasteiger partial charge in [-0.1, -0.05) is 28.9 Å². The van der Waals surface area contributed by atoms with Crippen LogP contribution in [0.2, 0.25) is 0 Å². The highest BCUT2D eigenvalue weighted by molar-refractivity contribution is 5.98. The minimum Gasteiger partial charge on any atom is -0.405 e. The van der Waals surface area contributed by atoms with Crippen molar-refractivity contribution in [2.24, 2.45) is 0 Å². The van der Waals surface area contributed by atoms with Crippen LogP contribution in [-0.4, -0.2) is 48.8 Å². The molecule has 1 aliphatic rings. The Morgan fingerprint density at radius 2 is 1.91 bits per heavy atom. The van der Waals surface area contributed by atoms with Gasteiger partial charge < -0.3 is 14.2 Å². The van der Waals surface area contributed by atoms with Crippen LogP contribution in [0.1, 0.15) is 34.3 Å². The number of aromatic nitrogens is 5. The number of rotatable bonds is 5. The van der Waals surface area contributed by atoms with Crippen LogP contribution in [0, 0.1) is 6.92 Å². The van der Waals surface area contributed by atoms with E-state index in [0.29, 0.717) is 24.2 Å². The molecule has 4 aromatic rings. The third kappa shape index (κ3) is 4.09. The second-order valence-corrected chi connectivity index (χ2v) is 7.64. The lowest BCUT2D eigenvalue weighted by atomic mass is 9.99. The van der Waals surface area contributed by atoms with E-state index in [0.717, 1.165) is 5.56 Å². The summed E-state index contributed by atoms with van der Waals surface area (Å²) in [5, 5.41) is 12.0. The molecule has 9 nitrogen and oxygen atoms in total. The lowest BCUT2D eigenvalue weighted by molar-refractivity contribution is -0.274. The van der Waals surface area contributed by atoms with Gasteiger partial charge in [0.05, 0.1) is 29.2 Å². The van der Waals surface area contributed by atoms with Crippen molar-refractivity contribution in [1.29, 1.82) is 0 Å². The molecule has 1 aliphatic heterocycles. The zero-order chi connectivity index (χ0) is 23.9. The second-order valence-electron chi connectivity index (χ2n) is 7.64. The molecule has 174 valence electrons.